The molecule has 0 aromatic carbocycles. The van der Waals surface area contributed by atoms with E-state index in [4.69, 9.17) is 9.47 Å². The Morgan fingerprint density at radius 2 is 1.95 bits per heavy atom. The van der Waals surface area contributed by atoms with Crippen molar-refractivity contribution < 1.29 is 9.47 Å². The van der Waals surface area contributed by atoms with Crippen molar-refractivity contribution in [2.24, 2.45) is 0 Å². The van der Waals surface area contributed by atoms with E-state index in [2.05, 4.69) is 10.2 Å². The van der Waals surface area contributed by atoms with Gasteiger partial charge in [0, 0.05) is 38.9 Å². The van der Waals surface area contributed by atoms with Gasteiger partial charge in [0.25, 0.3) is 0 Å². The average molecular weight is 270 g/mol. The number of piperazine rings is 1. The molecule has 4 nitrogen and oxygen atoms in total. The van der Waals surface area contributed by atoms with E-state index in [9.17, 15) is 0 Å². The third-order valence-corrected chi connectivity index (χ3v) is 4.46. The quantitative estimate of drug-likeness (QED) is 0.680. The zero-order chi connectivity index (χ0) is 13.4. The van der Waals surface area contributed by atoms with E-state index in [0.717, 1.165) is 13.2 Å². The summed E-state index contributed by atoms with van der Waals surface area (Å²) in [5.41, 5.74) is 0.465. The van der Waals surface area contributed by atoms with E-state index >= 15 is 0 Å². The van der Waals surface area contributed by atoms with Gasteiger partial charge in [-0.2, -0.15) is 0 Å². The molecular formula is C15H30N2O2. The Kier molecular flexibility index (Phi) is 6.57. The van der Waals surface area contributed by atoms with Crippen LogP contribution in [0.15, 0.2) is 0 Å². The lowest BCUT2D eigenvalue weighted by atomic mass is 9.94. The topological polar surface area (TPSA) is 33.7 Å². The third kappa shape index (κ3) is 5.03. The van der Waals surface area contributed by atoms with Gasteiger partial charge >= 0.3 is 0 Å². The van der Waals surface area contributed by atoms with Crippen LogP contribution < -0.4 is 5.32 Å². The Morgan fingerprint density at radius 1 is 1.11 bits per heavy atom. The van der Waals surface area contributed by atoms with E-state index in [1.165, 1.54) is 64.7 Å². The number of ether oxygens (including phenoxy) is 2. The number of unbranched alkanes of at least 4 members (excludes halogenated alkanes) is 1. The molecule has 0 radical (unpaired) electrons. The molecule has 19 heavy (non-hydrogen) atoms. The minimum Gasteiger partial charge on any atom is -0.382 e. The second kappa shape index (κ2) is 8.20. The summed E-state index contributed by atoms with van der Waals surface area (Å²) in [6, 6.07) is 0. The highest BCUT2D eigenvalue weighted by Crippen LogP contribution is 2.31. The summed E-state index contributed by atoms with van der Waals surface area (Å²) in [6.07, 6.45) is 8.00. The minimum absolute atomic E-state index is 0.465. The van der Waals surface area contributed by atoms with Crippen molar-refractivity contribution in [1.29, 1.82) is 0 Å². The lowest BCUT2D eigenvalue weighted by Crippen LogP contribution is -2.59. The number of methoxy groups -OCH3 is 1. The molecule has 1 spiro atoms. The molecule has 1 heterocycles. The van der Waals surface area contributed by atoms with Crippen LogP contribution in [0.3, 0.4) is 0 Å². The number of hydrogen-bond donors (Lipinski definition) is 1. The summed E-state index contributed by atoms with van der Waals surface area (Å²) in [7, 11) is 1.71. The summed E-state index contributed by atoms with van der Waals surface area (Å²) in [6.45, 7) is 7.19. The molecule has 1 saturated heterocycles. The van der Waals surface area contributed by atoms with E-state index in [0.29, 0.717) is 12.1 Å². The molecule has 0 unspecified atom stereocenters. The molecule has 2 rings (SSSR count). The largest absolute Gasteiger partial charge is 0.382 e. The van der Waals surface area contributed by atoms with E-state index < -0.39 is 0 Å². The SMILES string of the molecule is COCCOCCCCN1CCNC2(CCCC2)C1. The van der Waals surface area contributed by atoms with Crippen LogP contribution in [-0.4, -0.2) is 63.5 Å². The Balaban J connectivity index is 1.53. The molecule has 1 aliphatic carbocycles. The number of nitrogens with one attached hydrogen (secondary N) is 1. The highest BCUT2D eigenvalue weighted by atomic mass is 16.5. The molecule has 4 heteroatoms. The van der Waals surface area contributed by atoms with Gasteiger partial charge in [0.15, 0.2) is 0 Å². The van der Waals surface area contributed by atoms with Gasteiger partial charge in [-0.15, -0.1) is 0 Å². The van der Waals surface area contributed by atoms with Gasteiger partial charge in [-0.25, -0.2) is 0 Å². The normalized spacial score (nSPS) is 23.2. The Morgan fingerprint density at radius 3 is 2.74 bits per heavy atom. The minimum atomic E-state index is 0.465. The van der Waals surface area contributed by atoms with Crippen LogP contribution in [0.1, 0.15) is 38.5 Å². The van der Waals surface area contributed by atoms with E-state index in [1.54, 1.807) is 7.11 Å². The summed E-state index contributed by atoms with van der Waals surface area (Å²) in [5, 5.41) is 3.77. The van der Waals surface area contributed by atoms with Gasteiger partial charge in [-0.05, 0) is 32.2 Å². The first-order valence-corrected chi connectivity index (χ1v) is 7.89. The zero-order valence-corrected chi connectivity index (χ0v) is 12.5. The highest BCUT2D eigenvalue weighted by Gasteiger charge is 2.37. The van der Waals surface area contributed by atoms with E-state index in [1.807, 2.05) is 0 Å². The summed E-state index contributed by atoms with van der Waals surface area (Å²) < 4.78 is 10.5. The molecule has 0 aromatic heterocycles. The second-order valence-electron chi connectivity index (χ2n) is 6.00. The van der Waals surface area contributed by atoms with Crippen LogP contribution in [0.4, 0.5) is 0 Å². The molecule has 1 N–H and O–H groups in total. The van der Waals surface area contributed by atoms with Gasteiger partial charge in [-0.1, -0.05) is 12.8 Å². The summed E-state index contributed by atoms with van der Waals surface area (Å²) in [5.74, 6) is 0. The molecule has 1 saturated carbocycles. The lowest BCUT2D eigenvalue weighted by Gasteiger charge is -2.41. The first kappa shape index (κ1) is 15.2. The van der Waals surface area contributed by atoms with E-state index in [-0.39, 0.29) is 0 Å². The average Bonchev–Trinajstić information content (AvgIpc) is 2.86. The lowest BCUT2D eigenvalue weighted by molar-refractivity contribution is 0.0660. The van der Waals surface area contributed by atoms with Gasteiger partial charge in [-0.3, -0.25) is 0 Å². The van der Waals surface area contributed by atoms with Crippen LogP contribution in [0.25, 0.3) is 0 Å². The van der Waals surface area contributed by atoms with Crippen molar-refractivity contribution in [2.75, 3.05) is 53.1 Å². The van der Waals surface area contributed by atoms with Gasteiger partial charge in [0.2, 0.25) is 0 Å². The Hall–Kier alpha value is -0.160. The molecule has 0 bridgehead atoms. The third-order valence-electron chi connectivity index (χ3n) is 4.46. The summed E-state index contributed by atoms with van der Waals surface area (Å²) >= 11 is 0. The van der Waals surface area contributed by atoms with Crippen LogP contribution in [0, 0.1) is 0 Å². The van der Waals surface area contributed by atoms with Crippen molar-refractivity contribution in [3.63, 3.8) is 0 Å². The van der Waals surface area contributed by atoms with Gasteiger partial charge in [0.1, 0.15) is 0 Å². The molecular weight excluding hydrogens is 240 g/mol. The van der Waals surface area contributed by atoms with Crippen molar-refractivity contribution >= 4 is 0 Å². The molecule has 0 aromatic rings. The predicted octanol–water partition coefficient (Wildman–Crippen LogP) is 1.65. The molecule has 2 aliphatic rings. The Labute approximate surface area is 117 Å². The highest BCUT2D eigenvalue weighted by molar-refractivity contribution is 4.97. The smallest absolute Gasteiger partial charge is 0.0700 e. The monoisotopic (exact) mass is 270 g/mol. The Bertz CT molecular complexity index is 242. The molecule has 2 fully saturated rings. The fraction of sp³-hybridized carbons (Fsp3) is 1.00. The number of nitrogens with zero attached hydrogens (tertiary/aromatic N) is 1. The molecule has 1 aliphatic heterocycles. The molecule has 112 valence electrons. The second-order valence-corrected chi connectivity index (χ2v) is 6.00. The van der Waals surface area contributed by atoms with Crippen LogP contribution >= 0.6 is 0 Å². The first-order valence-electron chi connectivity index (χ1n) is 7.89. The van der Waals surface area contributed by atoms with Gasteiger partial charge < -0.3 is 19.7 Å². The van der Waals surface area contributed by atoms with Crippen LogP contribution in [0.5, 0.6) is 0 Å². The zero-order valence-electron chi connectivity index (χ0n) is 12.5. The standard InChI is InChI=1S/C15H30N2O2/c1-18-12-13-19-11-5-4-9-17-10-8-16-15(14-17)6-2-3-7-15/h16H,2-14H2,1H3. The molecule has 0 amide bonds. The fourth-order valence-corrected chi connectivity index (χ4v) is 3.40. The molecule has 0 atom stereocenters. The van der Waals surface area contributed by atoms with Crippen molar-refractivity contribution in [3.05, 3.63) is 0 Å². The van der Waals surface area contributed by atoms with Crippen LogP contribution in [-0.2, 0) is 9.47 Å². The van der Waals surface area contributed by atoms with Crippen molar-refractivity contribution in [1.82, 2.24) is 10.2 Å². The van der Waals surface area contributed by atoms with Crippen LogP contribution in [0.2, 0.25) is 0 Å². The fourth-order valence-electron chi connectivity index (χ4n) is 3.40. The maximum atomic E-state index is 5.50. The van der Waals surface area contributed by atoms with Crippen molar-refractivity contribution in [3.8, 4) is 0 Å². The maximum absolute atomic E-state index is 5.50. The van der Waals surface area contributed by atoms with Gasteiger partial charge in [0.05, 0.1) is 13.2 Å². The maximum Gasteiger partial charge on any atom is 0.0700 e. The predicted molar refractivity (Wildman–Crippen MR) is 77.6 cm³/mol. The summed E-state index contributed by atoms with van der Waals surface area (Å²) in [4.78, 5) is 2.65. The number of hydrogen-bond acceptors (Lipinski definition) is 4. The number of rotatable bonds is 8. The van der Waals surface area contributed by atoms with Crippen molar-refractivity contribution in [2.45, 2.75) is 44.1 Å². The first-order chi connectivity index (χ1) is 9.35.